The quantitative estimate of drug-likeness (QED) is 0.185. The predicted molar refractivity (Wildman–Crippen MR) is 220 cm³/mol. The molecule has 5 nitrogen and oxygen atoms in total. The second-order valence-corrected chi connectivity index (χ2v) is 14.0. The minimum Gasteiger partial charge on any atom is -0.456 e. The number of furan rings is 2. The summed E-state index contributed by atoms with van der Waals surface area (Å²) in [5.41, 5.74) is 12.5. The van der Waals surface area contributed by atoms with Gasteiger partial charge in [-0.25, -0.2) is 0 Å². The van der Waals surface area contributed by atoms with Crippen molar-refractivity contribution < 1.29 is 8.83 Å². The molecular weight excluding hydrogens is 663 g/mol. The van der Waals surface area contributed by atoms with E-state index in [1.807, 2.05) is 36.4 Å². The van der Waals surface area contributed by atoms with Crippen LogP contribution in [0.25, 0.3) is 110 Å². The molecule has 0 aliphatic heterocycles. The third-order valence-corrected chi connectivity index (χ3v) is 11.1. The maximum atomic E-state index is 10.3. The van der Waals surface area contributed by atoms with E-state index in [-0.39, 0.29) is 0 Å². The molecule has 0 atom stereocenters. The molecule has 0 aliphatic carbocycles. The summed E-state index contributed by atoms with van der Waals surface area (Å²) in [5.74, 6) is 0. The van der Waals surface area contributed by atoms with Crippen LogP contribution in [0.4, 0.5) is 0 Å². The number of hydrogen-bond acceptors (Lipinski definition) is 3. The van der Waals surface area contributed by atoms with Crippen LogP contribution in [0.3, 0.4) is 0 Å². The number of benzene rings is 8. The number of para-hydroxylation sites is 4. The van der Waals surface area contributed by atoms with E-state index in [9.17, 15) is 5.26 Å². The monoisotopic (exact) mass is 689 g/mol. The van der Waals surface area contributed by atoms with Gasteiger partial charge in [0.1, 0.15) is 22.3 Å². The molecule has 5 heteroatoms. The molecule has 8 aromatic carbocycles. The Morgan fingerprint density at radius 2 is 1.02 bits per heavy atom. The number of aromatic nitrogens is 2. The number of nitriles is 1. The zero-order valence-electron chi connectivity index (χ0n) is 28.7. The predicted octanol–water partition coefficient (Wildman–Crippen LogP) is 13.2. The Labute approximate surface area is 307 Å². The molecule has 0 bridgehead atoms. The maximum Gasteiger partial charge on any atom is 0.137 e. The highest BCUT2D eigenvalue weighted by atomic mass is 16.3. The molecule has 0 saturated heterocycles. The lowest BCUT2D eigenvalue weighted by Crippen LogP contribution is -1.96. The van der Waals surface area contributed by atoms with Gasteiger partial charge in [0.05, 0.1) is 33.7 Å². The van der Waals surface area contributed by atoms with Gasteiger partial charge in [-0.3, -0.25) is 0 Å². The molecule has 54 heavy (non-hydrogen) atoms. The smallest absolute Gasteiger partial charge is 0.137 e. The summed E-state index contributed by atoms with van der Waals surface area (Å²) in [5, 5.41) is 19.4. The van der Waals surface area contributed by atoms with Gasteiger partial charge in [-0.2, -0.15) is 5.26 Å². The van der Waals surface area contributed by atoms with Crippen LogP contribution in [0.5, 0.6) is 0 Å². The molecule has 0 amide bonds. The van der Waals surface area contributed by atoms with Gasteiger partial charge in [0.15, 0.2) is 0 Å². The molecule has 12 aromatic rings. The van der Waals surface area contributed by atoms with Crippen molar-refractivity contribution >= 4 is 87.5 Å². The van der Waals surface area contributed by atoms with Crippen LogP contribution < -0.4 is 0 Å². The van der Waals surface area contributed by atoms with Crippen molar-refractivity contribution in [2.24, 2.45) is 0 Å². The molecule has 12 rings (SSSR count). The first-order valence-corrected chi connectivity index (χ1v) is 18.1. The molecule has 0 N–H and O–H groups in total. The highest BCUT2D eigenvalue weighted by Crippen LogP contribution is 2.42. The van der Waals surface area contributed by atoms with E-state index in [0.29, 0.717) is 5.56 Å². The van der Waals surface area contributed by atoms with Crippen molar-refractivity contribution in [1.82, 2.24) is 9.13 Å². The molecular formula is C49H27N3O2. The Bertz CT molecular complexity index is 3570. The molecule has 4 aromatic heterocycles. The zero-order chi connectivity index (χ0) is 35.5. The highest BCUT2D eigenvalue weighted by molar-refractivity contribution is 6.27. The van der Waals surface area contributed by atoms with Crippen LogP contribution >= 0.6 is 0 Å². The third kappa shape index (κ3) is 3.97. The van der Waals surface area contributed by atoms with E-state index in [2.05, 4.69) is 143 Å². The molecule has 0 unspecified atom stereocenters. The zero-order valence-corrected chi connectivity index (χ0v) is 28.7. The molecule has 0 spiro atoms. The Balaban J connectivity index is 1.03. The Kier molecular flexibility index (Phi) is 5.78. The van der Waals surface area contributed by atoms with Crippen molar-refractivity contribution in [2.75, 3.05) is 0 Å². The van der Waals surface area contributed by atoms with Crippen molar-refractivity contribution in [3.05, 3.63) is 169 Å². The fraction of sp³-hybridized carbons (Fsp3) is 0. The summed E-state index contributed by atoms with van der Waals surface area (Å²) in [6.45, 7) is 0. The van der Waals surface area contributed by atoms with Crippen LogP contribution in [0.1, 0.15) is 5.56 Å². The SMILES string of the molecule is N#Cc1cc(-c2ccc(-n3c4ccccc4c4cc5c(cc43)oc3ccccc35)cc2)cc(-n2c3ccccc3c3c4c(ccc32)oc2ccccc24)c1. The first kappa shape index (κ1) is 29.1. The van der Waals surface area contributed by atoms with Gasteiger partial charge in [-0.05, 0) is 83.9 Å². The van der Waals surface area contributed by atoms with E-state index < -0.39 is 0 Å². The fourth-order valence-corrected chi connectivity index (χ4v) is 8.79. The summed E-state index contributed by atoms with van der Waals surface area (Å²) < 4.78 is 17.2. The molecule has 0 saturated carbocycles. The number of nitrogens with zero attached hydrogens (tertiary/aromatic N) is 3. The molecule has 250 valence electrons. The summed E-state index contributed by atoms with van der Waals surface area (Å²) in [4.78, 5) is 0. The van der Waals surface area contributed by atoms with Crippen LogP contribution in [-0.4, -0.2) is 9.13 Å². The topological polar surface area (TPSA) is 59.9 Å². The fourth-order valence-electron chi connectivity index (χ4n) is 8.79. The molecule has 0 aliphatic rings. The number of hydrogen-bond donors (Lipinski definition) is 0. The first-order valence-electron chi connectivity index (χ1n) is 18.1. The molecule has 0 fully saturated rings. The van der Waals surface area contributed by atoms with Gasteiger partial charge in [-0.15, -0.1) is 0 Å². The number of fused-ring (bicyclic) bond motifs is 13. The van der Waals surface area contributed by atoms with Crippen LogP contribution in [0, 0.1) is 11.3 Å². The van der Waals surface area contributed by atoms with Gasteiger partial charge in [0, 0.05) is 60.5 Å². The van der Waals surface area contributed by atoms with E-state index in [4.69, 9.17) is 8.83 Å². The lowest BCUT2D eigenvalue weighted by Gasteiger charge is -2.13. The van der Waals surface area contributed by atoms with Crippen molar-refractivity contribution in [1.29, 1.82) is 5.26 Å². The second kappa shape index (κ2) is 10.7. The van der Waals surface area contributed by atoms with E-state index >= 15 is 0 Å². The largest absolute Gasteiger partial charge is 0.456 e. The lowest BCUT2D eigenvalue weighted by molar-refractivity contribution is 0.669. The normalized spacial score (nSPS) is 12.1. The minimum atomic E-state index is 0.601. The summed E-state index contributed by atoms with van der Waals surface area (Å²) >= 11 is 0. The van der Waals surface area contributed by atoms with Gasteiger partial charge < -0.3 is 18.0 Å². The average Bonchev–Trinajstić information content (AvgIpc) is 3.97. The van der Waals surface area contributed by atoms with E-state index in [1.165, 1.54) is 10.8 Å². The van der Waals surface area contributed by atoms with Crippen LogP contribution in [0.15, 0.2) is 173 Å². The summed E-state index contributed by atoms with van der Waals surface area (Å²) in [6.07, 6.45) is 0. The van der Waals surface area contributed by atoms with Gasteiger partial charge in [0.2, 0.25) is 0 Å². The molecule has 4 heterocycles. The Morgan fingerprint density at radius 3 is 1.81 bits per heavy atom. The maximum absolute atomic E-state index is 10.3. The van der Waals surface area contributed by atoms with Crippen LogP contribution in [0.2, 0.25) is 0 Å². The second-order valence-electron chi connectivity index (χ2n) is 14.0. The standard InChI is InChI=1S/C49H27N3O2/c50-28-29-23-31(25-33(24-29)52-41-14-6-2-11-36(41)48-42(52)21-22-46-49(48)37-12-4-8-16-45(37)53-46)30-17-19-32(20-18-30)51-40-13-5-1-9-34(40)38-26-39-35-10-3-7-15-44(35)54-47(39)27-43(38)51/h1-27H. The van der Waals surface area contributed by atoms with Gasteiger partial charge >= 0.3 is 0 Å². The molecule has 0 radical (unpaired) electrons. The van der Waals surface area contributed by atoms with Gasteiger partial charge in [-0.1, -0.05) is 84.9 Å². The minimum absolute atomic E-state index is 0.601. The summed E-state index contributed by atoms with van der Waals surface area (Å²) in [7, 11) is 0. The first-order chi connectivity index (χ1) is 26.7. The third-order valence-electron chi connectivity index (χ3n) is 11.1. The van der Waals surface area contributed by atoms with Crippen LogP contribution in [-0.2, 0) is 0 Å². The average molecular weight is 690 g/mol. The van der Waals surface area contributed by atoms with Crippen molar-refractivity contribution in [2.45, 2.75) is 0 Å². The van der Waals surface area contributed by atoms with E-state index in [1.54, 1.807) is 0 Å². The van der Waals surface area contributed by atoms with Crippen molar-refractivity contribution in [3.8, 4) is 28.6 Å². The highest BCUT2D eigenvalue weighted by Gasteiger charge is 2.20. The lowest BCUT2D eigenvalue weighted by atomic mass is 10.0. The van der Waals surface area contributed by atoms with Crippen molar-refractivity contribution in [3.63, 3.8) is 0 Å². The summed E-state index contributed by atoms with van der Waals surface area (Å²) in [6, 6.07) is 59.4. The Hall–Kier alpha value is -7.55. The van der Waals surface area contributed by atoms with E-state index in [0.717, 1.165) is 99.2 Å². The van der Waals surface area contributed by atoms with Gasteiger partial charge in [0.25, 0.3) is 0 Å². The Morgan fingerprint density at radius 1 is 0.370 bits per heavy atom. The number of rotatable bonds is 3.